The molecule has 0 saturated heterocycles. The van der Waals surface area contributed by atoms with E-state index in [0.717, 1.165) is 25.7 Å². The number of aryl methyl sites for hydroxylation is 2. The molecule has 11 aromatic rings. The van der Waals surface area contributed by atoms with Crippen molar-refractivity contribution in [3.8, 4) is 0 Å². The highest BCUT2D eigenvalue weighted by Crippen LogP contribution is 2.52. The molecule has 0 amide bonds. The number of benzene rings is 11. The van der Waals surface area contributed by atoms with E-state index in [9.17, 15) is 0 Å². The van der Waals surface area contributed by atoms with Gasteiger partial charge in [-0.15, -0.1) is 0 Å². The minimum Gasteiger partial charge on any atom is -0.311 e. The molecule has 15 rings (SSSR count). The summed E-state index contributed by atoms with van der Waals surface area (Å²) in [7, 11) is 0. The van der Waals surface area contributed by atoms with Crippen molar-refractivity contribution < 1.29 is 0 Å². The van der Waals surface area contributed by atoms with Gasteiger partial charge in [-0.25, -0.2) is 0 Å². The van der Waals surface area contributed by atoms with Crippen LogP contribution in [0, 0.1) is 0 Å². The third-order valence-electron chi connectivity index (χ3n) is 15.4. The van der Waals surface area contributed by atoms with Gasteiger partial charge in [0.1, 0.15) is 0 Å². The van der Waals surface area contributed by atoms with E-state index in [-0.39, 0.29) is 6.71 Å². The van der Waals surface area contributed by atoms with Crippen LogP contribution < -0.4 is 26.2 Å². The summed E-state index contributed by atoms with van der Waals surface area (Å²) in [4.78, 5) is 5.45. The summed E-state index contributed by atoms with van der Waals surface area (Å²) in [6.45, 7) is 0.102. The summed E-state index contributed by atoms with van der Waals surface area (Å²) in [6, 6.07) is 67.6. The maximum Gasteiger partial charge on any atom is 0.252 e. The maximum atomic E-state index is 2.72. The van der Waals surface area contributed by atoms with Gasteiger partial charge in [0.25, 0.3) is 6.71 Å². The van der Waals surface area contributed by atoms with Gasteiger partial charge in [0, 0.05) is 33.5 Å². The summed E-state index contributed by atoms with van der Waals surface area (Å²) in [5, 5.41) is 15.7. The van der Waals surface area contributed by atoms with Gasteiger partial charge in [0.2, 0.25) is 0 Å². The van der Waals surface area contributed by atoms with Crippen LogP contribution in [0.2, 0.25) is 0 Å². The van der Waals surface area contributed by atoms with Crippen LogP contribution in [0.4, 0.5) is 34.1 Å². The lowest BCUT2D eigenvalue weighted by atomic mass is 9.33. The summed E-state index contributed by atoms with van der Waals surface area (Å²) in [5.41, 5.74) is 18.3. The lowest BCUT2D eigenvalue weighted by molar-refractivity contribution is 0.911. The van der Waals surface area contributed by atoms with Crippen LogP contribution in [-0.4, -0.2) is 6.71 Å². The number of fused-ring (bicyclic) bond motifs is 20. The molecule has 0 spiro atoms. The molecule has 63 heavy (non-hydrogen) atoms. The summed E-state index contributed by atoms with van der Waals surface area (Å²) in [6.07, 6.45) is 6.87. The Bertz CT molecular complexity index is 3510. The van der Waals surface area contributed by atoms with Crippen molar-refractivity contribution in [2.45, 2.75) is 38.5 Å². The maximum absolute atomic E-state index is 2.72. The summed E-state index contributed by atoms with van der Waals surface area (Å²) in [5.74, 6) is 0. The second-order valence-corrected chi connectivity index (χ2v) is 18.4. The van der Waals surface area contributed by atoms with Gasteiger partial charge in [-0.05, 0) is 155 Å². The predicted octanol–water partition coefficient (Wildman–Crippen LogP) is 13.7. The third-order valence-corrected chi connectivity index (χ3v) is 15.4. The van der Waals surface area contributed by atoms with E-state index in [1.165, 1.54) is 150 Å². The Balaban J connectivity index is 1.10. The average molecular weight is 801 g/mol. The Kier molecular flexibility index (Phi) is 6.86. The van der Waals surface area contributed by atoms with Gasteiger partial charge >= 0.3 is 0 Å². The highest BCUT2D eigenvalue weighted by atomic mass is 15.2. The van der Waals surface area contributed by atoms with Crippen LogP contribution in [0.25, 0.3) is 64.6 Å². The van der Waals surface area contributed by atoms with E-state index in [2.05, 4.69) is 186 Å². The minimum absolute atomic E-state index is 0.102. The van der Waals surface area contributed by atoms with E-state index < -0.39 is 0 Å². The first-order valence-corrected chi connectivity index (χ1v) is 23.0. The zero-order chi connectivity index (χ0) is 40.9. The number of anilines is 6. The van der Waals surface area contributed by atoms with E-state index in [1.54, 1.807) is 0 Å². The number of hydrogen-bond donors (Lipinski definition) is 0. The Labute approximate surface area is 366 Å². The molecule has 4 aliphatic rings. The molecule has 11 aromatic carbocycles. The molecule has 0 aromatic heterocycles. The summed E-state index contributed by atoms with van der Waals surface area (Å²) >= 11 is 0. The van der Waals surface area contributed by atoms with Crippen LogP contribution in [0.1, 0.15) is 35.1 Å². The van der Waals surface area contributed by atoms with Crippen LogP contribution in [0.3, 0.4) is 0 Å². The van der Waals surface area contributed by atoms with Gasteiger partial charge in [-0.1, -0.05) is 152 Å². The van der Waals surface area contributed by atoms with Crippen molar-refractivity contribution >= 4 is 122 Å². The molecule has 0 unspecified atom stereocenters. The van der Waals surface area contributed by atoms with E-state index >= 15 is 0 Å². The second kappa shape index (κ2) is 12.6. The lowest BCUT2D eigenvalue weighted by Gasteiger charge is -2.46. The zero-order valence-corrected chi connectivity index (χ0v) is 35.0. The molecule has 0 N–H and O–H groups in total. The largest absolute Gasteiger partial charge is 0.311 e. The van der Waals surface area contributed by atoms with Crippen molar-refractivity contribution in [2.24, 2.45) is 0 Å². The second-order valence-electron chi connectivity index (χ2n) is 18.4. The van der Waals surface area contributed by atoms with Crippen molar-refractivity contribution in [3.63, 3.8) is 0 Å². The lowest BCUT2D eigenvalue weighted by Crippen LogP contribution is -2.61. The van der Waals surface area contributed by atoms with Gasteiger partial charge in [-0.3, -0.25) is 0 Å². The molecule has 0 atom stereocenters. The molecule has 294 valence electrons. The predicted molar refractivity (Wildman–Crippen MR) is 270 cm³/mol. The topological polar surface area (TPSA) is 6.48 Å². The first kappa shape index (κ1) is 34.3. The van der Waals surface area contributed by atoms with Crippen molar-refractivity contribution in [3.05, 3.63) is 198 Å². The first-order chi connectivity index (χ1) is 31.3. The Morgan fingerprint density at radius 2 is 0.635 bits per heavy atom. The number of nitrogens with zero attached hydrogens (tertiary/aromatic N) is 2. The molecular weight excluding hydrogens is 759 g/mol. The minimum atomic E-state index is 0.102. The number of hydrogen-bond acceptors (Lipinski definition) is 2. The third kappa shape index (κ3) is 4.44. The normalized spacial score (nSPS) is 14.8. The van der Waals surface area contributed by atoms with Gasteiger partial charge < -0.3 is 9.80 Å². The molecular formula is C60H41BN2. The Morgan fingerprint density at radius 3 is 1.05 bits per heavy atom. The Morgan fingerprint density at radius 1 is 0.302 bits per heavy atom. The van der Waals surface area contributed by atoms with Gasteiger partial charge in [0.05, 0.1) is 11.4 Å². The van der Waals surface area contributed by atoms with Crippen molar-refractivity contribution in [1.82, 2.24) is 0 Å². The van der Waals surface area contributed by atoms with Crippen molar-refractivity contribution in [1.29, 1.82) is 0 Å². The molecule has 2 nitrogen and oxygen atoms in total. The van der Waals surface area contributed by atoms with Crippen LogP contribution in [0.5, 0.6) is 0 Å². The fraction of sp³-hybridized carbons (Fsp3) is 0.100. The Hall–Kier alpha value is -7.36. The molecule has 2 aliphatic heterocycles. The van der Waals surface area contributed by atoms with Crippen LogP contribution in [-0.2, 0) is 25.7 Å². The number of rotatable bonds is 2. The van der Waals surface area contributed by atoms with E-state index in [1.807, 2.05) is 0 Å². The van der Waals surface area contributed by atoms with Crippen molar-refractivity contribution in [2.75, 3.05) is 9.80 Å². The molecule has 2 aliphatic carbocycles. The molecule has 3 heteroatoms. The fourth-order valence-electron chi connectivity index (χ4n) is 13.0. The van der Waals surface area contributed by atoms with Crippen LogP contribution in [0.15, 0.2) is 176 Å². The molecule has 0 saturated carbocycles. The SMILES string of the molecule is c1cc2c3c(c1)N(c1cccc4c5ccccc5c5ccccc5c14)c1c(ccc4c1CCC4)B3c1ccc3c(c1N2c1cccc2c4ccccc4c4ccccc4c12)CCC3. The van der Waals surface area contributed by atoms with E-state index in [0.29, 0.717) is 0 Å². The highest BCUT2D eigenvalue weighted by molar-refractivity contribution is 7.00. The molecule has 2 heterocycles. The van der Waals surface area contributed by atoms with Gasteiger partial charge in [-0.2, -0.15) is 0 Å². The fourth-order valence-corrected chi connectivity index (χ4v) is 13.0. The highest BCUT2D eigenvalue weighted by Gasteiger charge is 2.46. The molecule has 0 bridgehead atoms. The monoisotopic (exact) mass is 800 g/mol. The zero-order valence-electron chi connectivity index (χ0n) is 35.0. The van der Waals surface area contributed by atoms with Crippen LogP contribution >= 0.6 is 0 Å². The van der Waals surface area contributed by atoms with Gasteiger partial charge in [0.15, 0.2) is 0 Å². The smallest absolute Gasteiger partial charge is 0.252 e. The summed E-state index contributed by atoms with van der Waals surface area (Å²) < 4.78 is 0. The first-order valence-electron chi connectivity index (χ1n) is 23.0. The molecule has 0 fully saturated rings. The molecule has 0 radical (unpaired) electrons. The average Bonchev–Trinajstić information content (AvgIpc) is 4.05. The standard InChI is InChI=1S/C60H41BN2/c1-3-18-44-40(16-1)42-20-5-7-22-46(42)56-48(44)26-11-28-52(56)62-54-30-13-31-55-58(54)61(50-34-32-36-14-9-24-38(36)59(50)62)51-35-33-37-15-10-25-39(37)60(51)63(55)53-29-12-27-49-45-19-4-2-17-41(45)43-21-6-8-23-47(43)57(49)53/h1-8,11-13,16-23,26-35H,9-10,14-15,24-25H2. The van der Waals surface area contributed by atoms with E-state index in [4.69, 9.17) is 0 Å². The quantitative estimate of drug-likeness (QED) is 0.127.